The fraction of sp³-hybridized carbons (Fsp3) is 0.222. The minimum Gasteiger partial charge on any atom is -0.461 e. The molecule has 0 saturated heterocycles. The van der Waals surface area contributed by atoms with Crippen molar-refractivity contribution in [2.75, 3.05) is 0 Å². The molecular weight excluding hydrogens is 154 g/mol. The number of carbonyl (C=O) groups excluding carboxylic acids is 1. The summed E-state index contributed by atoms with van der Waals surface area (Å²) in [6, 6.07) is 1.83. The zero-order valence-corrected chi connectivity index (χ0v) is 6.91. The molecule has 1 rings (SSSR count). The largest absolute Gasteiger partial charge is 0.461 e. The van der Waals surface area contributed by atoms with Crippen LogP contribution in [-0.4, -0.2) is 11.0 Å². The molecule has 0 spiro atoms. The lowest BCUT2D eigenvalue weighted by molar-refractivity contribution is -0.142. The predicted octanol–water partition coefficient (Wildman–Crippen LogP) is 1.33. The van der Waals surface area contributed by atoms with E-state index >= 15 is 0 Å². The van der Waals surface area contributed by atoms with Crippen LogP contribution >= 0.6 is 0 Å². The van der Waals surface area contributed by atoms with Crippen LogP contribution in [0.5, 0.6) is 0 Å². The highest BCUT2D eigenvalue weighted by Gasteiger charge is 1.96. The monoisotopic (exact) mass is 164 g/mol. The van der Waals surface area contributed by atoms with Crippen LogP contribution in [0.2, 0.25) is 0 Å². The van der Waals surface area contributed by atoms with Gasteiger partial charge in [0.2, 0.25) is 0 Å². The molecule has 0 aliphatic heterocycles. The van der Waals surface area contributed by atoms with Crippen LogP contribution in [0.3, 0.4) is 0 Å². The van der Waals surface area contributed by atoms with E-state index < -0.39 is 0 Å². The molecule has 3 heteroatoms. The first kappa shape index (κ1) is 8.71. The highest BCUT2D eigenvalue weighted by Crippen LogP contribution is 2.02. The van der Waals surface area contributed by atoms with Crippen molar-refractivity contribution in [3.8, 4) is 0 Å². The summed E-state index contributed by atoms with van der Waals surface area (Å²) in [7, 11) is 0. The van der Waals surface area contributed by atoms with Gasteiger partial charge in [-0.15, -0.1) is 0 Å². The average Bonchev–Trinajstić information content (AvgIpc) is 2.01. The Morgan fingerprint density at radius 1 is 1.67 bits per heavy atom. The Hall–Kier alpha value is -1.38. The van der Waals surface area contributed by atoms with Crippen LogP contribution in [0, 0.1) is 6.92 Å². The highest BCUT2D eigenvalue weighted by atomic mass is 16.5. The standard InChI is InChI=1S/C9H10NO2/c1-7-3-9(5-10-4-7)6-12-8(2)11/h3-5H,1,6H2,2H3. The second-order valence-electron chi connectivity index (χ2n) is 2.48. The van der Waals surface area contributed by atoms with Crippen LogP contribution < -0.4 is 0 Å². The van der Waals surface area contributed by atoms with E-state index in [0.717, 1.165) is 11.1 Å². The number of hydrogen-bond donors (Lipinski definition) is 0. The molecular formula is C9H10NO2. The summed E-state index contributed by atoms with van der Waals surface area (Å²) in [5, 5.41) is 0. The molecule has 1 aromatic rings. The molecule has 0 amide bonds. The van der Waals surface area contributed by atoms with Gasteiger partial charge in [0.1, 0.15) is 6.61 Å². The molecule has 0 aliphatic carbocycles. The Balaban J connectivity index is 2.57. The molecule has 0 atom stereocenters. The predicted molar refractivity (Wildman–Crippen MR) is 44.2 cm³/mol. The van der Waals surface area contributed by atoms with Gasteiger partial charge in [-0.2, -0.15) is 0 Å². The second kappa shape index (κ2) is 3.85. The lowest BCUT2D eigenvalue weighted by atomic mass is 10.2. The van der Waals surface area contributed by atoms with Gasteiger partial charge in [-0.25, -0.2) is 0 Å². The number of aromatic nitrogens is 1. The third kappa shape index (κ3) is 2.70. The number of ether oxygens (including phenoxy) is 1. The van der Waals surface area contributed by atoms with Crippen LogP contribution in [0.25, 0.3) is 0 Å². The number of esters is 1. The van der Waals surface area contributed by atoms with Gasteiger partial charge in [-0.1, -0.05) is 0 Å². The fourth-order valence-electron chi connectivity index (χ4n) is 0.805. The van der Waals surface area contributed by atoms with E-state index in [1.54, 1.807) is 12.4 Å². The van der Waals surface area contributed by atoms with E-state index in [1.807, 2.05) is 6.07 Å². The highest BCUT2D eigenvalue weighted by molar-refractivity contribution is 5.65. The SMILES string of the molecule is [CH2]c1cncc(COC(C)=O)c1. The van der Waals surface area contributed by atoms with Crippen LogP contribution in [0.4, 0.5) is 0 Å². The first-order valence-corrected chi connectivity index (χ1v) is 3.58. The Labute approximate surface area is 71.4 Å². The van der Waals surface area contributed by atoms with Crippen LogP contribution in [-0.2, 0) is 16.1 Å². The van der Waals surface area contributed by atoms with E-state index in [-0.39, 0.29) is 12.6 Å². The van der Waals surface area contributed by atoms with Crippen molar-refractivity contribution < 1.29 is 9.53 Å². The number of rotatable bonds is 2. The molecule has 63 valence electrons. The molecule has 0 aromatic carbocycles. The quantitative estimate of drug-likeness (QED) is 0.619. The Kier molecular flexibility index (Phi) is 2.80. The molecule has 0 N–H and O–H groups in total. The van der Waals surface area contributed by atoms with Crippen molar-refractivity contribution in [3.63, 3.8) is 0 Å². The molecule has 12 heavy (non-hydrogen) atoms. The molecule has 0 unspecified atom stereocenters. The second-order valence-corrected chi connectivity index (χ2v) is 2.48. The molecule has 1 heterocycles. The summed E-state index contributed by atoms with van der Waals surface area (Å²) in [4.78, 5) is 14.4. The van der Waals surface area contributed by atoms with Gasteiger partial charge in [0.15, 0.2) is 0 Å². The van der Waals surface area contributed by atoms with Gasteiger partial charge in [0.25, 0.3) is 0 Å². The maximum Gasteiger partial charge on any atom is 0.302 e. The molecule has 0 saturated carbocycles. The minimum atomic E-state index is -0.288. The first-order chi connectivity index (χ1) is 5.68. The van der Waals surface area contributed by atoms with Crippen LogP contribution in [0.15, 0.2) is 18.5 Å². The van der Waals surface area contributed by atoms with Crippen molar-refractivity contribution >= 4 is 5.97 Å². The summed E-state index contributed by atoms with van der Waals surface area (Å²) >= 11 is 0. The molecule has 1 aromatic heterocycles. The summed E-state index contributed by atoms with van der Waals surface area (Å²) in [6.45, 7) is 5.35. The van der Waals surface area contributed by atoms with Gasteiger partial charge in [0.05, 0.1) is 0 Å². The van der Waals surface area contributed by atoms with Gasteiger partial charge in [-0.05, 0) is 18.6 Å². The fourth-order valence-corrected chi connectivity index (χ4v) is 0.805. The van der Waals surface area contributed by atoms with Crippen molar-refractivity contribution in [3.05, 3.63) is 36.5 Å². The molecule has 1 radical (unpaired) electrons. The van der Waals surface area contributed by atoms with E-state index in [2.05, 4.69) is 11.9 Å². The summed E-state index contributed by atoms with van der Waals surface area (Å²) < 4.78 is 4.78. The Morgan fingerprint density at radius 2 is 2.42 bits per heavy atom. The van der Waals surface area contributed by atoms with Crippen molar-refractivity contribution in [2.24, 2.45) is 0 Å². The summed E-state index contributed by atoms with van der Waals surface area (Å²) in [5.74, 6) is -0.288. The van der Waals surface area contributed by atoms with Gasteiger partial charge in [0, 0.05) is 24.9 Å². The Bertz CT molecular complexity index is 284. The minimum absolute atomic E-state index is 0.270. The number of nitrogens with zero attached hydrogens (tertiary/aromatic N) is 1. The zero-order chi connectivity index (χ0) is 8.97. The lowest BCUT2D eigenvalue weighted by Crippen LogP contribution is -1.99. The Morgan fingerprint density at radius 3 is 3.00 bits per heavy atom. The maximum absolute atomic E-state index is 10.4. The van der Waals surface area contributed by atoms with Crippen LogP contribution in [0.1, 0.15) is 18.1 Å². The molecule has 3 nitrogen and oxygen atoms in total. The van der Waals surface area contributed by atoms with Gasteiger partial charge in [-0.3, -0.25) is 9.78 Å². The topological polar surface area (TPSA) is 39.2 Å². The average molecular weight is 164 g/mol. The van der Waals surface area contributed by atoms with Gasteiger partial charge < -0.3 is 4.74 Å². The summed E-state index contributed by atoms with van der Waals surface area (Å²) in [6.07, 6.45) is 3.30. The van der Waals surface area contributed by atoms with Crippen molar-refractivity contribution in [2.45, 2.75) is 13.5 Å². The van der Waals surface area contributed by atoms with E-state index in [1.165, 1.54) is 6.92 Å². The summed E-state index contributed by atoms with van der Waals surface area (Å²) in [5.41, 5.74) is 1.68. The zero-order valence-electron chi connectivity index (χ0n) is 6.91. The van der Waals surface area contributed by atoms with E-state index in [0.29, 0.717) is 0 Å². The smallest absolute Gasteiger partial charge is 0.302 e. The normalized spacial score (nSPS) is 9.50. The first-order valence-electron chi connectivity index (χ1n) is 3.58. The molecule has 0 bridgehead atoms. The number of pyridine rings is 1. The van der Waals surface area contributed by atoms with Gasteiger partial charge >= 0.3 is 5.97 Å². The third-order valence-corrected chi connectivity index (χ3v) is 1.29. The van der Waals surface area contributed by atoms with Crippen molar-refractivity contribution in [1.82, 2.24) is 4.98 Å². The van der Waals surface area contributed by atoms with E-state index in [9.17, 15) is 4.79 Å². The number of hydrogen-bond acceptors (Lipinski definition) is 3. The third-order valence-electron chi connectivity index (χ3n) is 1.29. The van der Waals surface area contributed by atoms with E-state index in [4.69, 9.17) is 4.74 Å². The molecule has 0 aliphatic rings. The number of carbonyl (C=O) groups is 1. The molecule has 0 fully saturated rings. The lowest BCUT2D eigenvalue weighted by Gasteiger charge is -2.01. The van der Waals surface area contributed by atoms with Crippen molar-refractivity contribution in [1.29, 1.82) is 0 Å². The maximum atomic E-state index is 10.4.